The van der Waals surface area contributed by atoms with Crippen molar-refractivity contribution in [3.8, 4) is 0 Å². The lowest BCUT2D eigenvalue weighted by atomic mass is 10.2. The maximum Gasteiger partial charge on any atom is 0.329 e. The smallest absolute Gasteiger partial charge is 0.303 e. The molecule has 2 aromatic carbocycles. The zero-order valence-corrected chi connectivity index (χ0v) is 13.4. The molecule has 2 aromatic rings. The van der Waals surface area contributed by atoms with Gasteiger partial charge in [0.15, 0.2) is 0 Å². The van der Waals surface area contributed by atoms with Gasteiger partial charge >= 0.3 is 6.03 Å². The van der Waals surface area contributed by atoms with Crippen molar-refractivity contribution >= 4 is 41.2 Å². The molecule has 3 amide bonds. The first-order chi connectivity index (χ1) is 11.0. The van der Waals surface area contributed by atoms with E-state index < -0.39 is 6.03 Å². The van der Waals surface area contributed by atoms with Gasteiger partial charge in [0.2, 0.25) is 0 Å². The first-order valence-electron chi connectivity index (χ1n) is 6.88. The van der Waals surface area contributed by atoms with E-state index >= 15 is 0 Å². The number of nitrogens with zero attached hydrogens (tertiary/aromatic N) is 1. The van der Waals surface area contributed by atoms with E-state index in [4.69, 9.17) is 23.2 Å². The minimum atomic E-state index is -0.455. The molecule has 0 aliphatic carbocycles. The van der Waals surface area contributed by atoms with E-state index in [1.807, 2.05) is 6.07 Å². The summed E-state index contributed by atoms with van der Waals surface area (Å²) < 4.78 is 0. The highest BCUT2D eigenvalue weighted by atomic mass is 35.5. The number of nitrogens with one attached hydrogen (secondary N) is 1. The Kier molecular flexibility index (Phi) is 4.37. The molecule has 0 atom stereocenters. The first kappa shape index (κ1) is 15.6. The highest BCUT2D eigenvalue weighted by Gasteiger charge is 2.33. The van der Waals surface area contributed by atoms with Crippen molar-refractivity contribution in [2.45, 2.75) is 6.54 Å². The maximum absolute atomic E-state index is 12.4. The molecular weight excluding hydrogens is 335 g/mol. The lowest BCUT2D eigenvalue weighted by Gasteiger charge is -2.11. The van der Waals surface area contributed by atoms with Crippen LogP contribution in [0.15, 0.2) is 54.2 Å². The number of halogens is 2. The number of hydrogen-bond donors (Lipinski definition) is 1. The summed E-state index contributed by atoms with van der Waals surface area (Å²) in [4.78, 5) is 25.6. The molecule has 4 nitrogen and oxygen atoms in total. The molecule has 6 heteroatoms. The van der Waals surface area contributed by atoms with E-state index in [-0.39, 0.29) is 18.1 Å². The molecular formula is C17H12Cl2N2O2. The Morgan fingerprint density at radius 2 is 1.70 bits per heavy atom. The van der Waals surface area contributed by atoms with Crippen molar-refractivity contribution in [1.82, 2.24) is 10.2 Å². The summed E-state index contributed by atoms with van der Waals surface area (Å²) in [6, 6.07) is 13.6. The molecule has 1 N–H and O–H groups in total. The Labute approximate surface area is 143 Å². The number of hydrogen-bond acceptors (Lipinski definition) is 2. The van der Waals surface area contributed by atoms with Gasteiger partial charge < -0.3 is 5.32 Å². The van der Waals surface area contributed by atoms with Crippen LogP contribution in [-0.4, -0.2) is 16.8 Å². The van der Waals surface area contributed by atoms with Crippen molar-refractivity contribution < 1.29 is 9.59 Å². The van der Waals surface area contributed by atoms with Crippen LogP contribution in [-0.2, 0) is 11.3 Å². The molecule has 0 aromatic heterocycles. The van der Waals surface area contributed by atoms with E-state index in [2.05, 4.69) is 5.32 Å². The van der Waals surface area contributed by atoms with Gasteiger partial charge in [0.05, 0.1) is 6.54 Å². The number of benzene rings is 2. The predicted molar refractivity (Wildman–Crippen MR) is 90.0 cm³/mol. The van der Waals surface area contributed by atoms with Crippen molar-refractivity contribution in [2.24, 2.45) is 0 Å². The summed E-state index contributed by atoms with van der Waals surface area (Å²) in [5.41, 5.74) is 1.69. The van der Waals surface area contributed by atoms with Gasteiger partial charge in [0, 0.05) is 10.0 Å². The number of rotatable bonds is 3. The van der Waals surface area contributed by atoms with Gasteiger partial charge in [-0.25, -0.2) is 4.79 Å². The first-order valence-corrected chi connectivity index (χ1v) is 7.64. The van der Waals surface area contributed by atoms with Crippen molar-refractivity contribution in [2.75, 3.05) is 0 Å². The summed E-state index contributed by atoms with van der Waals surface area (Å²) in [6.45, 7) is 0.182. The van der Waals surface area contributed by atoms with E-state index in [0.29, 0.717) is 15.6 Å². The second-order valence-electron chi connectivity index (χ2n) is 5.03. The molecule has 3 rings (SSSR count). The predicted octanol–water partition coefficient (Wildman–Crippen LogP) is 4.09. The van der Waals surface area contributed by atoms with Crippen LogP contribution in [0.5, 0.6) is 0 Å². The molecule has 0 bridgehead atoms. The maximum atomic E-state index is 12.4. The summed E-state index contributed by atoms with van der Waals surface area (Å²) in [5.74, 6) is -0.384. The molecule has 116 valence electrons. The van der Waals surface area contributed by atoms with Gasteiger partial charge in [-0.3, -0.25) is 9.69 Å². The number of amides is 3. The second kappa shape index (κ2) is 6.44. The lowest BCUT2D eigenvalue weighted by molar-refractivity contribution is -0.123. The van der Waals surface area contributed by atoms with Crippen molar-refractivity contribution in [3.05, 3.63) is 75.4 Å². The van der Waals surface area contributed by atoms with Crippen LogP contribution in [0.25, 0.3) is 6.08 Å². The highest BCUT2D eigenvalue weighted by molar-refractivity contribution is 6.32. The fraction of sp³-hybridized carbons (Fsp3) is 0.0588. The Balaban J connectivity index is 1.82. The number of carbonyl (C=O) groups excluding carboxylic acids is 2. The second-order valence-corrected chi connectivity index (χ2v) is 5.87. The van der Waals surface area contributed by atoms with Crippen LogP contribution in [0.3, 0.4) is 0 Å². The third-order valence-corrected chi connectivity index (χ3v) is 4.02. The lowest BCUT2D eigenvalue weighted by Crippen LogP contribution is -2.30. The average Bonchev–Trinajstić information content (AvgIpc) is 2.79. The van der Waals surface area contributed by atoms with Crippen LogP contribution >= 0.6 is 23.2 Å². The quantitative estimate of drug-likeness (QED) is 0.672. The summed E-state index contributed by atoms with van der Waals surface area (Å²) >= 11 is 11.9. The molecule has 0 radical (unpaired) electrons. The topological polar surface area (TPSA) is 49.4 Å². The van der Waals surface area contributed by atoms with Gasteiger partial charge in [0.1, 0.15) is 5.70 Å². The molecule has 1 saturated heterocycles. The number of imide groups is 1. The SMILES string of the molecule is O=C1N/C(=C/c2ccccc2Cl)C(=O)N1Cc1ccc(Cl)cc1. The summed E-state index contributed by atoms with van der Waals surface area (Å²) in [7, 11) is 0. The molecule has 1 aliphatic rings. The molecule has 1 aliphatic heterocycles. The van der Waals surface area contributed by atoms with Crippen LogP contribution in [0.1, 0.15) is 11.1 Å². The minimum Gasteiger partial charge on any atom is -0.303 e. The van der Waals surface area contributed by atoms with Crippen LogP contribution < -0.4 is 5.32 Å². The molecule has 1 heterocycles. The largest absolute Gasteiger partial charge is 0.329 e. The van der Waals surface area contributed by atoms with Gasteiger partial charge in [-0.1, -0.05) is 53.5 Å². The molecule has 23 heavy (non-hydrogen) atoms. The van der Waals surface area contributed by atoms with Gasteiger partial charge in [-0.2, -0.15) is 0 Å². The molecule has 1 fully saturated rings. The Morgan fingerprint density at radius 3 is 2.39 bits per heavy atom. The van der Waals surface area contributed by atoms with Gasteiger partial charge in [-0.05, 0) is 35.4 Å². The minimum absolute atomic E-state index is 0.182. The summed E-state index contributed by atoms with van der Waals surface area (Å²) in [6.07, 6.45) is 1.57. The Morgan fingerprint density at radius 1 is 1.00 bits per heavy atom. The Bertz CT molecular complexity index is 800. The number of urea groups is 1. The van der Waals surface area contributed by atoms with Gasteiger partial charge in [0.25, 0.3) is 5.91 Å². The molecule has 0 saturated carbocycles. The molecule has 0 unspecified atom stereocenters. The Hall–Kier alpha value is -2.30. The fourth-order valence-electron chi connectivity index (χ4n) is 2.24. The highest BCUT2D eigenvalue weighted by Crippen LogP contribution is 2.21. The van der Waals surface area contributed by atoms with E-state index in [9.17, 15) is 9.59 Å². The summed E-state index contributed by atoms with van der Waals surface area (Å²) in [5, 5.41) is 3.69. The molecule has 0 spiro atoms. The van der Waals surface area contributed by atoms with Gasteiger partial charge in [-0.15, -0.1) is 0 Å². The third kappa shape index (κ3) is 3.38. The zero-order valence-electron chi connectivity index (χ0n) is 11.9. The average molecular weight is 347 g/mol. The van der Waals surface area contributed by atoms with Crippen LogP contribution in [0, 0.1) is 0 Å². The zero-order chi connectivity index (χ0) is 16.4. The van der Waals surface area contributed by atoms with Crippen molar-refractivity contribution in [1.29, 1.82) is 0 Å². The van der Waals surface area contributed by atoms with E-state index in [1.54, 1.807) is 48.5 Å². The standard InChI is InChI=1S/C17H12Cl2N2O2/c18-13-7-5-11(6-8-13)10-21-16(22)15(20-17(21)23)9-12-3-1-2-4-14(12)19/h1-9H,10H2,(H,20,23)/b15-9+. The van der Waals surface area contributed by atoms with E-state index in [1.165, 1.54) is 0 Å². The normalized spacial score (nSPS) is 16.1. The third-order valence-electron chi connectivity index (χ3n) is 3.42. The van der Waals surface area contributed by atoms with Crippen LogP contribution in [0.2, 0.25) is 10.0 Å². The van der Waals surface area contributed by atoms with Crippen LogP contribution in [0.4, 0.5) is 4.79 Å². The number of carbonyl (C=O) groups is 2. The van der Waals surface area contributed by atoms with E-state index in [0.717, 1.165) is 10.5 Å². The van der Waals surface area contributed by atoms with Crippen molar-refractivity contribution in [3.63, 3.8) is 0 Å². The monoisotopic (exact) mass is 346 g/mol. The fourth-order valence-corrected chi connectivity index (χ4v) is 2.55.